The highest BCUT2D eigenvalue weighted by Crippen LogP contribution is 2.16. The second-order valence-corrected chi connectivity index (χ2v) is 4.98. The summed E-state index contributed by atoms with van der Waals surface area (Å²) >= 11 is 0. The molecule has 2 rings (SSSR count). The Morgan fingerprint density at radius 3 is 2.55 bits per heavy atom. The van der Waals surface area contributed by atoms with E-state index in [0.717, 1.165) is 16.7 Å². The first-order valence-corrected chi connectivity index (χ1v) is 7.09. The van der Waals surface area contributed by atoms with Crippen LogP contribution in [0.1, 0.15) is 34.1 Å². The average molecular weight is 301 g/mol. The molecule has 0 bridgehead atoms. The van der Waals surface area contributed by atoms with Gasteiger partial charge in [0, 0.05) is 19.5 Å². The molecule has 0 fully saturated rings. The molecule has 0 saturated carbocycles. The summed E-state index contributed by atoms with van der Waals surface area (Å²) in [6.07, 6.45) is 2.23. The van der Waals surface area contributed by atoms with Crippen molar-refractivity contribution in [3.05, 3.63) is 58.9 Å². The maximum absolute atomic E-state index is 12.2. The number of nitrogens with one attached hydrogen (secondary N) is 1. The maximum Gasteiger partial charge on any atom is 0.355 e. The van der Waals surface area contributed by atoms with Crippen LogP contribution < -0.4 is 0 Å². The van der Waals surface area contributed by atoms with Gasteiger partial charge < -0.3 is 14.5 Å². The number of aryl methyl sites for hydroxylation is 1. The second kappa shape index (κ2) is 7.45. The molecule has 1 aromatic heterocycles. The van der Waals surface area contributed by atoms with Crippen LogP contribution >= 0.6 is 0 Å². The van der Waals surface area contributed by atoms with Gasteiger partial charge in [-0.2, -0.15) is 0 Å². The predicted molar refractivity (Wildman–Crippen MR) is 81.4 cm³/mol. The molecule has 0 spiro atoms. The molecule has 0 saturated heterocycles. The van der Waals surface area contributed by atoms with E-state index < -0.39 is 5.97 Å². The van der Waals surface area contributed by atoms with E-state index in [1.807, 2.05) is 37.3 Å². The Kier molecular flexibility index (Phi) is 5.36. The van der Waals surface area contributed by atoms with E-state index in [9.17, 15) is 9.59 Å². The van der Waals surface area contributed by atoms with Gasteiger partial charge >= 0.3 is 11.9 Å². The van der Waals surface area contributed by atoms with Crippen LogP contribution in [0, 0.1) is 6.92 Å². The van der Waals surface area contributed by atoms with Crippen LogP contribution in [-0.4, -0.2) is 23.5 Å². The summed E-state index contributed by atoms with van der Waals surface area (Å²) in [7, 11) is 0. The first-order valence-electron chi connectivity index (χ1n) is 7.09. The third-order valence-electron chi connectivity index (χ3n) is 3.29. The molecule has 116 valence electrons. The van der Waals surface area contributed by atoms with Gasteiger partial charge in [0.1, 0.15) is 12.3 Å². The summed E-state index contributed by atoms with van der Waals surface area (Å²) in [5.41, 5.74) is 3.11. The summed E-state index contributed by atoms with van der Waals surface area (Å²) in [5.74, 6) is -0.740. The van der Waals surface area contributed by atoms with Crippen LogP contribution in [0.25, 0.3) is 0 Å². The lowest BCUT2D eigenvalue weighted by atomic mass is 10.1. The normalized spacial score (nSPS) is 10.3. The number of ether oxygens (including phenoxy) is 2. The molecule has 5 nitrogen and oxygen atoms in total. The van der Waals surface area contributed by atoms with Crippen LogP contribution in [0.2, 0.25) is 0 Å². The zero-order valence-corrected chi connectivity index (χ0v) is 12.7. The Morgan fingerprint density at radius 1 is 1.14 bits per heavy atom. The average Bonchev–Trinajstić information content (AvgIpc) is 2.87. The van der Waals surface area contributed by atoms with Gasteiger partial charge in [0.05, 0.1) is 6.61 Å². The molecule has 0 unspecified atom stereocenters. The van der Waals surface area contributed by atoms with Crippen molar-refractivity contribution in [1.82, 2.24) is 4.98 Å². The van der Waals surface area contributed by atoms with E-state index in [-0.39, 0.29) is 19.2 Å². The Balaban J connectivity index is 1.98. The van der Waals surface area contributed by atoms with Crippen molar-refractivity contribution >= 4 is 11.9 Å². The largest absolute Gasteiger partial charge is 0.466 e. The number of hydrogen-bond acceptors (Lipinski definition) is 4. The van der Waals surface area contributed by atoms with Crippen molar-refractivity contribution in [2.75, 3.05) is 6.61 Å². The van der Waals surface area contributed by atoms with Gasteiger partial charge in [0.2, 0.25) is 0 Å². The molecule has 5 heteroatoms. The minimum atomic E-state index is -0.408. The van der Waals surface area contributed by atoms with E-state index in [0.29, 0.717) is 12.1 Å². The molecular weight excluding hydrogens is 282 g/mol. The Labute approximate surface area is 129 Å². The Hall–Kier alpha value is -2.56. The Morgan fingerprint density at radius 2 is 1.86 bits per heavy atom. The van der Waals surface area contributed by atoms with Crippen LogP contribution in [0.4, 0.5) is 0 Å². The molecule has 0 atom stereocenters. The fraction of sp³-hybridized carbons (Fsp3) is 0.294. The number of aromatic nitrogens is 1. The van der Waals surface area contributed by atoms with Crippen molar-refractivity contribution in [2.24, 2.45) is 0 Å². The van der Waals surface area contributed by atoms with Crippen LogP contribution in [0.3, 0.4) is 0 Å². The number of carbonyl (C=O) groups excluding carboxylic acids is 2. The summed E-state index contributed by atoms with van der Waals surface area (Å²) < 4.78 is 10.2. The molecule has 0 aliphatic rings. The number of esters is 2. The molecule has 0 aliphatic heterocycles. The lowest BCUT2D eigenvalue weighted by molar-refractivity contribution is -0.140. The van der Waals surface area contributed by atoms with Crippen LogP contribution in [0.15, 0.2) is 36.5 Å². The van der Waals surface area contributed by atoms with Gasteiger partial charge in [0.25, 0.3) is 0 Å². The van der Waals surface area contributed by atoms with Gasteiger partial charge in [-0.05, 0) is 23.6 Å². The number of rotatable bonds is 6. The molecule has 1 heterocycles. The highest BCUT2D eigenvalue weighted by atomic mass is 16.5. The summed E-state index contributed by atoms with van der Waals surface area (Å²) in [6, 6.07) is 9.50. The van der Waals surface area contributed by atoms with Gasteiger partial charge in [-0.3, -0.25) is 4.79 Å². The van der Waals surface area contributed by atoms with Gasteiger partial charge in [-0.25, -0.2) is 4.79 Å². The van der Waals surface area contributed by atoms with Crippen molar-refractivity contribution in [3.63, 3.8) is 0 Å². The molecule has 22 heavy (non-hydrogen) atoms. The van der Waals surface area contributed by atoms with Crippen LogP contribution in [-0.2, 0) is 27.3 Å². The number of aromatic amines is 1. The predicted octanol–water partition coefficient (Wildman–Crippen LogP) is 2.79. The smallest absolute Gasteiger partial charge is 0.355 e. The number of benzene rings is 1. The zero-order chi connectivity index (χ0) is 15.9. The quantitative estimate of drug-likeness (QED) is 0.833. The minimum Gasteiger partial charge on any atom is -0.466 e. The monoisotopic (exact) mass is 301 g/mol. The lowest BCUT2D eigenvalue weighted by Crippen LogP contribution is -2.11. The van der Waals surface area contributed by atoms with E-state index in [2.05, 4.69) is 4.98 Å². The first kappa shape index (κ1) is 15.8. The van der Waals surface area contributed by atoms with Crippen molar-refractivity contribution in [2.45, 2.75) is 26.9 Å². The van der Waals surface area contributed by atoms with Gasteiger partial charge in [-0.15, -0.1) is 0 Å². The Bertz CT molecular complexity index is 646. The number of H-pyrrole nitrogens is 1. The standard InChI is InChI=1S/C17H19NO4/c1-12-10-18-16(15(12)8-9-21-13(2)19)17(20)22-11-14-6-4-3-5-7-14/h3-7,10,18H,8-9,11H2,1-2H3. The van der Waals surface area contributed by atoms with Crippen molar-refractivity contribution < 1.29 is 19.1 Å². The molecule has 1 N–H and O–H groups in total. The number of hydrogen-bond donors (Lipinski definition) is 1. The van der Waals surface area contributed by atoms with E-state index >= 15 is 0 Å². The van der Waals surface area contributed by atoms with E-state index in [1.54, 1.807) is 6.20 Å². The highest BCUT2D eigenvalue weighted by molar-refractivity contribution is 5.89. The summed E-state index contributed by atoms with van der Waals surface area (Å²) in [4.78, 5) is 25.9. The lowest BCUT2D eigenvalue weighted by Gasteiger charge is -2.07. The first-order chi connectivity index (χ1) is 10.6. The fourth-order valence-corrected chi connectivity index (χ4v) is 2.15. The number of carbonyl (C=O) groups is 2. The summed E-state index contributed by atoms with van der Waals surface area (Å²) in [5, 5.41) is 0. The second-order valence-electron chi connectivity index (χ2n) is 4.98. The van der Waals surface area contributed by atoms with Gasteiger partial charge in [-0.1, -0.05) is 30.3 Å². The van der Waals surface area contributed by atoms with Crippen molar-refractivity contribution in [1.29, 1.82) is 0 Å². The molecule has 1 aromatic carbocycles. The van der Waals surface area contributed by atoms with Gasteiger partial charge in [0.15, 0.2) is 0 Å². The maximum atomic E-state index is 12.2. The van der Waals surface area contributed by atoms with E-state index in [1.165, 1.54) is 6.92 Å². The SMILES string of the molecule is CC(=O)OCCc1c(C)c[nH]c1C(=O)OCc1ccccc1. The highest BCUT2D eigenvalue weighted by Gasteiger charge is 2.17. The van der Waals surface area contributed by atoms with E-state index in [4.69, 9.17) is 9.47 Å². The molecule has 0 radical (unpaired) electrons. The topological polar surface area (TPSA) is 68.4 Å². The molecule has 0 amide bonds. The van der Waals surface area contributed by atoms with Crippen LogP contribution in [0.5, 0.6) is 0 Å². The third kappa shape index (κ3) is 4.22. The fourth-order valence-electron chi connectivity index (χ4n) is 2.15. The zero-order valence-electron chi connectivity index (χ0n) is 12.7. The third-order valence-corrected chi connectivity index (χ3v) is 3.29. The molecular formula is C17H19NO4. The minimum absolute atomic E-state index is 0.223. The van der Waals surface area contributed by atoms with Crippen molar-refractivity contribution in [3.8, 4) is 0 Å². The molecule has 0 aliphatic carbocycles. The summed E-state index contributed by atoms with van der Waals surface area (Å²) in [6.45, 7) is 3.72. The molecule has 2 aromatic rings.